The molecule has 22 heavy (non-hydrogen) atoms. The van der Waals surface area contributed by atoms with Gasteiger partial charge < -0.3 is 0 Å². The minimum Gasteiger partial charge on any atom is -0.296 e. The van der Waals surface area contributed by atoms with Gasteiger partial charge in [-0.2, -0.15) is 16.9 Å². The van der Waals surface area contributed by atoms with Crippen molar-refractivity contribution >= 4 is 11.8 Å². The van der Waals surface area contributed by atoms with Gasteiger partial charge in [-0.05, 0) is 45.0 Å². The molecule has 0 amide bonds. The van der Waals surface area contributed by atoms with Crippen molar-refractivity contribution < 1.29 is 4.39 Å². The smallest absolute Gasteiger partial charge is 0.151 e. The first-order chi connectivity index (χ1) is 10.6. The molecular formula is C16H23FN4S. The van der Waals surface area contributed by atoms with E-state index in [2.05, 4.69) is 18.3 Å². The molecule has 0 radical (unpaired) electrons. The number of benzene rings is 1. The van der Waals surface area contributed by atoms with Crippen molar-refractivity contribution in [3.63, 3.8) is 0 Å². The second kappa shape index (κ2) is 7.74. The Labute approximate surface area is 135 Å². The molecule has 0 aliphatic heterocycles. The Morgan fingerprint density at radius 2 is 2.14 bits per heavy atom. The largest absolute Gasteiger partial charge is 0.296 e. The molecule has 1 atom stereocenters. The molecule has 0 fully saturated rings. The van der Waals surface area contributed by atoms with Crippen LogP contribution in [0.5, 0.6) is 0 Å². The number of halogens is 1. The van der Waals surface area contributed by atoms with E-state index in [1.54, 1.807) is 23.9 Å². The van der Waals surface area contributed by atoms with Crippen LogP contribution in [0.15, 0.2) is 24.3 Å². The fourth-order valence-electron chi connectivity index (χ4n) is 2.49. The number of rotatable bonds is 7. The summed E-state index contributed by atoms with van der Waals surface area (Å²) < 4.78 is 15.5. The fourth-order valence-corrected chi connectivity index (χ4v) is 2.88. The van der Waals surface area contributed by atoms with Crippen LogP contribution in [-0.4, -0.2) is 45.8 Å². The van der Waals surface area contributed by atoms with Gasteiger partial charge in [0.15, 0.2) is 5.82 Å². The van der Waals surface area contributed by atoms with Crippen molar-refractivity contribution in [3.05, 3.63) is 47.3 Å². The van der Waals surface area contributed by atoms with Crippen molar-refractivity contribution in [2.24, 2.45) is 0 Å². The van der Waals surface area contributed by atoms with Crippen LogP contribution in [0.2, 0.25) is 0 Å². The summed E-state index contributed by atoms with van der Waals surface area (Å²) in [6.45, 7) is 2.80. The van der Waals surface area contributed by atoms with Gasteiger partial charge in [-0.25, -0.2) is 14.1 Å². The van der Waals surface area contributed by atoms with E-state index in [0.717, 1.165) is 35.9 Å². The van der Waals surface area contributed by atoms with Gasteiger partial charge in [0.25, 0.3) is 0 Å². The Morgan fingerprint density at radius 1 is 1.36 bits per heavy atom. The average molecular weight is 322 g/mol. The molecule has 0 bridgehead atoms. The van der Waals surface area contributed by atoms with Crippen molar-refractivity contribution in [1.29, 1.82) is 0 Å². The summed E-state index contributed by atoms with van der Waals surface area (Å²) in [4.78, 5) is 6.77. The summed E-state index contributed by atoms with van der Waals surface area (Å²) >= 11 is 1.78. The Hall–Kier alpha value is -1.40. The van der Waals surface area contributed by atoms with Crippen LogP contribution in [0.3, 0.4) is 0 Å². The van der Waals surface area contributed by atoms with E-state index >= 15 is 0 Å². The van der Waals surface area contributed by atoms with Gasteiger partial charge in [0.05, 0.1) is 6.04 Å². The van der Waals surface area contributed by atoms with Gasteiger partial charge in [-0.1, -0.05) is 12.1 Å². The lowest BCUT2D eigenvalue weighted by atomic mass is 10.1. The van der Waals surface area contributed by atoms with E-state index in [1.807, 2.05) is 29.7 Å². The minimum atomic E-state index is -0.227. The molecular weight excluding hydrogens is 299 g/mol. The lowest BCUT2D eigenvalue weighted by Gasteiger charge is -2.24. The zero-order valence-corrected chi connectivity index (χ0v) is 14.4. The molecule has 0 N–H and O–H groups in total. The molecule has 0 saturated carbocycles. The van der Waals surface area contributed by atoms with Crippen LogP contribution >= 0.6 is 11.8 Å². The zero-order chi connectivity index (χ0) is 16.1. The molecule has 1 aromatic carbocycles. The predicted molar refractivity (Wildman–Crippen MR) is 89.7 cm³/mol. The lowest BCUT2D eigenvalue weighted by molar-refractivity contribution is 0.318. The summed E-state index contributed by atoms with van der Waals surface area (Å²) in [5.41, 5.74) is 0.892. The highest BCUT2D eigenvalue weighted by atomic mass is 32.2. The highest BCUT2D eigenvalue weighted by Gasteiger charge is 2.23. The summed E-state index contributed by atoms with van der Waals surface area (Å²) in [5.74, 6) is 2.50. The molecule has 2 aromatic rings. The normalized spacial score (nSPS) is 12.8. The Kier molecular flexibility index (Phi) is 5.97. The third-order valence-corrected chi connectivity index (χ3v) is 4.11. The molecule has 1 unspecified atom stereocenters. The van der Waals surface area contributed by atoms with Gasteiger partial charge in [-0.15, -0.1) is 0 Å². The third-order valence-electron chi connectivity index (χ3n) is 3.50. The second-order valence-corrected chi connectivity index (χ2v) is 6.35. The van der Waals surface area contributed by atoms with E-state index in [0.29, 0.717) is 0 Å². The summed E-state index contributed by atoms with van der Waals surface area (Å²) in [7, 11) is 3.96. The summed E-state index contributed by atoms with van der Waals surface area (Å²) in [6, 6.07) is 6.60. The van der Waals surface area contributed by atoms with Crippen molar-refractivity contribution in [1.82, 2.24) is 19.7 Å². The first-order valence-electron chi connectivity index (χ1n) is 7.41. The molecule has 120 valence electrons. The Morgan fingerprint density at radius 3 is 2.73 bits per heavy atom. The summed E-state index contributed by atoms with van der Waals surface area (Å²) in [6.07, 6.45) is 2.93. The molecule has 2 rings (SSSR count). The lowest BCUT2D eigenvalue weighted by Crippen LogP contribution is -2.25. The standard InChI is InChI=1S/C16H23FN4S/c1-5-21-16(18-14(19-21)9-10-22-4)15(20(2)3)12-7-6-8-13(17)11-12/h6-8,11,15H,5,9-10H2,1-4H3. The molecule has 1 aromatic heterocycles. The fraction of sp³-hybridized carbons (Fsp3) is 0.500. The molecule has 0 saturated heterocycles. The van der Waals surface area contributed by atoms with E-state index < -0.39 is 0 Å². The van der Waals surface area contributed by atoms with E-state index in [1.165, 1.54) is 6.07 Å². The first kappa shape index (κ1) is 17.0. The van der Waals surface area contributed by atoms with Gasteiger partial charge in [0.2, 0.25) is 0 Å². The monoisotopic (exact) mass is 322 g/mol. The topological polar surface area (TPSA) is 34.0 Å². The van der Waals surface area contributed by atoms with E-state index in [4.69, 9.17) is 4.98 Å². The Balaban J connectivity index is 2.42. The maximum absolute atomic E-state index is 13.6. The van der Waals surface area contributed by atoms with Gasteiger partial charge in [0.1, 0.15) is 11.6 Å². The van der Waals surface area contributed by atoms with Gasteiger partial charge >= 0.3 is 0 Å². The highest BCUT2D eigenvalue weighted by Crippen LogP contribution is 2.26. The van der Waals surface area contributed by atoms with Gasteiger partial charge in [0, 0.05) is 18.7 Å². The molecule has 6 heteroatoms. The van der Waals surface area contributed by atoms with Crippen LogP contribution in [0.1, 0.15) is 30.2 Å². The Bertz CT molecular complexity index is 612. The maximum Gasteiger partial charge on any atom is 0.151 e. The third kappa shape index (κ3) is 3.87. The molecule has 4 nitrogen and oxygen atoms in total. The second-order valence-electron chi connectivity index (χ2n) is 5.37. The zero-order valence-electron chi connectivity index (χ0n) is 13.6. The molecule has 0 aliphatic carbocycles. The van der Waals surface area contributed by atoms with Gasteiger partial charge in [-0.3, -0.25) is 4.90 Å². The first-order valence-corrected chi connectivity index (χ1v) is 8.80. The number of thioether (sulfide) groups is 1. The van der Waals surface area contributed by atoms with Crippen molar-refractivity contribution in [2.45, 2.75) is 25.9 Å². The molecule has 0 aliphatic rings. The number of hydrogen-bond donors (Lipinski definition) is 0. The van der Waals surface area contributed by atoms with Crippen molar-refractivity contribution in [2.75, 3.05) is 26.1 Å². The SMILES string of the molecule is CCn1nc(CCSC)nc1C(c1cccc(F)c1)N(C)C. The number of hydrogen-bond acceptors (Lipinski definition) is 4. The van der Waals surface area contributed by atoms with Crippen LogP contribution in [-0.2, 0) is 13.0 Å². The molecule has 0 spiro atoms. The minimum absolute atomic E-state index is 0.105. The van der Waals surface area contributed by atoms with E-state index in [-0.39, 0.29) is 11.9 Å². The quantitative estimate of drug-likeness (QED) is 0.785. The maximum atomic E-state index is 13.6. The number of nitrogens with zero attached hydrogens (tertiary/aromatic N) is 4. The van der Waals surface area contributed by atoms with Crippen LogP contribution < -0.4 is 0 Å². The highest BCUT2D eigenvalue weighted by molar-refractivity contribution is 7.98. The van der Waals surface area contributed by atoms with Crippen LogP contribution in [0.25, 0.3) is 0 Å². The predicted octanol–water partition coefficient (Wildman–Crippen LogP) is 2.99. The summed E-state index contributed by atoms with van der Waals surface area (Å²) in [5, 5.41) is 4.59. The molecule has 1 heterocycles. The van der Waals surface area contributed by atoms with Crippen LogP contribution in [0, 0.1) is 5.82 Å². The number of aromatic nitrogens is 3. The van der Waals surface area contributed by atoms with Crippen LogP contribution in [0.4, 0.5) is 4.39 Å². The number of aryl methyl sites for hydroxylation is 2. The van der Waals surface area contributed by atoms with Crippen molar-refractivity contribution in [3.8, 4) is 0 Å². The van der Waals surface area contributed by atoms with E-state index in [9.17, 15) is 4.39 Å². The average Bonchev–Trinajstić information content (AvgIpc) is 2.88.